The zero-order chi connectivity index (χ0) is 22.3. The first-order chi connectivity index (χ1) is 14.7. The van der Waals surface area contributed by atoms with Gasteiger partial charge in [0.15, 0.2) is 0 Å². The van der Waals surface area contributed by atoms with Crippen LogP contribution in [-0.4, -0.2) is 32.5 Å². The average molecular weight is 446 g/mol. The Hall–Kier alpha value is -2.41. The molecule has 2 saturated carbocycles. The van der Waals surface area contributed by atoms with Crippen molar-refractivity contribution < 1.29 is 22.3 Å². The molecular weight excluding hydrogens is 417 g/mol. The van der Waals surface area contributed by atoms with Gasteiger partial charge in [0.25, 0.3) is 0 Å². The number of methoxy groups -OCH3 is 1. The lowest BCUT2D eigenvalue weighted by Gasteiger charge is -2.34. The number of carbonyl (C=O) groups excluding carboxylic acids is 1. The van der Waals surface area contributed by atoms with Gasteiger partial charge in [0.2, 0.25) is 20.7 Å². The van der Waals surface area contributed by atoms with Gasteiger partial charge in [-0.25, -0.2) is 12.8 Å². The maximum Gasteiger partial charge on any atom is 0.230 e. The fourth-order valence-electron chi connectivity index (χ4n) is 4.46. The minimum atomic E-state index is -4.09. The topological polar surface area (TPSA) is 72.5 Å². The fourth-order valence-corrected chi connectivity index (χ4v) is 6.26. The number of halogens is 1. The van der Waals surface area contributed by atoms with E-state index in [4.69, 9.17) is 4.74 Å². The highest BCUT2D eigenvalue weighted by Gasteiger charge is 2.53. The maximum atomic E-state index is 15.5. The van der Waals surface area contributed by atoms with Gasteiger partial charge in [-0.2, -0.15) is 0 Å². The third kappa shape index (κ3) is 3.95. The molecule has 1 amide bonds. The molecule has 0 unspecified atom stereocenters. The van der Waals surface area contributed by atoms with Crippen LogP contribution in [0.5, 0.6) is 5.75 Å². The van der Waals surface area contributed by atoms with Crippen molar-refractivity contribution in [3.8, 4) is 5.75 Å². The molecular formula is C24H28FNO4S. The van der Waals surface area contributed by atoms with Gasteiger partial charge in [0.05, 0.1) is 17.4 Å². The number of benzene rings is 2. The van der Waals surface area contributed by atoms with Crippen LogP contribution in [0, 0.1) is 6.92 Å². The molecule has 0 atom stereocenters. The number of hydrogen-bond acceptors (Lipinski definition) is 4. The number of carbonyl (C=O) groups is 1. The van der Waals surface area contributed by atoms with Gasteiger partial charge in [-0.3, -0.25) is 4.79 Å². The van der Waals surface area contributed by atoms with Crippen molar-refractivity contribution in [2.45, 2.75) is 66.8 Å². The molecule has 0 aromatic heterocycles. The van der Waals surface area contributed by atoms with E-state index in [1.165, 1.54) is 12.1 Å². The van der Waals surface area contributed by atoms with Gasteiger partial charge in [0, 0.05) is 6.04 Å². The lowest BCUT2D eigenvalue weighted by molar-refractivity contribution is -0.124. The van der Waals surface area contributed by atoms with Gasteiger partial charge < -0.3 is 10.1 Å². The first kappa shape index (κ1) is 21.8. The predicted octanol–water partition coefficient (Wildman–Crippen LogP) is 4.23. The van der Waals surface area contributed by atoms with Crippen molar-refractivity contribution in [2.75, 3.05) is 7.11 Å². The highest BCUT2D eigenvalue weighted by atomic mass is 32.2. The van der Waals surface area contributed by atoms with E-state index < -0.39 is 20.3 Å². The smallest absolute Gasteiger partial charge is 0.230 e. The summed E-state index contributed by atoms with van der Waals surface area (Å²) in [4.78, 5) is 13.0. The van der Waals surface area contributed by atoms with Gasteiger partial charge in [0.1, 0.15) is 5.75 Å². The number of sulfone groups is 1. The number of amides is 1. The lowest BCUT2D eigenvalue weighted by Crippen LogP contribution is -2.47. The Kier molecular flexibility index (Phi) is 5.58. The van der Waals surface area contributed by atoms with E-state index in [1.807, 2.05) is 24.3 Å². The summed E-state index contributed by atoms with van der Waals surface area (Å²) in [5.41, 5.74) is 1.19. The molecule has 4 rings (SSSR count). The Morgan fingerprint density at radius 3 is 2.26 bits per heavy atom. The largest absolute Gasteiger partial charge is 0.497 e. The Labute approximate surface area is 182 Å². The molecule has 2 aromatic carbocycles. The quantitative estimate of drug-likeness (QED) is 0.722. The van der Waals surface area contributed by atoms with E-state index in [9.17, 15) is 13.2 Å². The van der Waals surface area contributed by atoms with Gasteiger partial charge in [-0.05, 0) is 80.8 Å². The minimum absolute atomic E-state index is 0.0222. The molecule has 0 saturated heterocycles. The highest BCUT2D eigenvalue weighted by Crippen LogP contribution is 2.49. The summed E-state index contributed by atoms with van der Waals surface area (Å²) in [5.74, 6) is 0.678. The van der Waals surface area contributed by atoms with Crippen LogP contribution in [0.25, 0.3) is 0 Å². The molecule has 2 aromatic rings. The SMILES string of the molecule is COc1ccc(C2(C(=O)N[C@H]3CC[C@@](F)(S(=O)(=O)c4cccc(C)c4)CC3)CC2)cc1. The second-order valence-electron chi connectivity index (χ2n) is 8.76. The molecule has 5 nitrogen and oxygen atoms in total. The third-order valence-electron chi connectivity index (χ3n) is 6.68. The monoisotopic (exact) mass is 445 g/mol. The lowest BCUT2D eigenvalue weighted by atomic mass is 9.90. The normalized spacial score (nSPS) is 24.9. The Bertz CT molecular complexity index is 1070. The summed E-state index contributed by atoms with van der Waals surface area (Å²) < 4.78 is 46.6. The van der Waals surface area contributed by atoms with Crippen LogP contribution < -0.4 is 10.1 Å². The Morgan fingerprint density at radius 2 is 1.71 bits per heavy atom. The maximum absolute atomic E-state index is 15.5. The van der Waals surface area contributed by atoms with Crippen LogP contribution in [0.4, 0.5) is 4.39 Å². The van der Waals surface area contributed by atoms with E-state index in [0.29, 0.717) is 12.8 Å². The van der Waals surface area contributed by atoms with Crippen LogP contribution in [0.2, 0.25) is 0 Å². The summed E-state index contributed by atoms with van der Waals surface area (Å²) in [7, 11) is -2.49. The first-order valence-electron chi connectivity index (χ1n) is 10.7. The molecule has 2 aliphatic carbocycles. The number of aryl methyl sites for hydroxylation is 1. The van der Waals surface area contributed by atoms with E-state index in [0.717, 1.165) is 29.7 Å². The van der Waals surface area contributed by atoms with E-state index >= 15 is 4.39 Å². The van der Waals surface area contributed by atoms with E-state index in [-0.39, 0.29) is 29.7 Å². The molecule has 7 heteroatoms. The molecule has 31 heavy (non-hydrogen) atoms. The summed E-state index contributed by atoms with van der Waals surface area (Å²) >= 11 is 0. The van der Waals surface area contributed by atoms with Gasteiger partial charge >= 0.3 is 0 Å². The predicted molar refractivity (Wildman–Crippen MR) is 117 cm³/mol. The number of alkyl halides is 1. The Balaban J connectivity index is 1.41. The first-order valence-corrected chi connectivity index (χ1v) is 12.1. The van der Waals surface area contributed by atoms with Gasteiger partial charge in [-0.15, -0.1) is 0 Å². The second kappa shape index (κ2) is 7.93. The van der Waals surface area contributed by atoms with Crippen LogP contribution in [-0.2, 0) is 20.0 Å². The van der Waals surface area contributed by atoms with Crippen LogP contribution in [0.15, 0.2) is 53.4 Å². The summed E-state index contributed by atoms with van der Waals surface area (Å²) in [6.45, 7) is 1.78. The molecule has 0 aliphatic heterocycles. The van der Waals surface area contributed by atoms with Crippen LogP contribution in [0.1, 0.15) is 49.7 Å². The number of hydrogen-bond donors (Lipinski definition) is 1. The van der Waals surface area contributed by atoms with E-state index in [1.54, 1.807) is 26.2 Å². The Morgan fingerprint density at radius 1 is 1.06 bits per heavy atom. The third-order valence-corrected chi connectivity index (χ3v) is 8.92. The summed E-state index contributed by atoms with van der Waals surface area (Å²) in [6.07, 6.45) is 1.89. The molecule has 1 N–H and O–H groups in total. The van der Waals surface area contributed by atoms with Crippen molar-refractivity contribution in [1.82, 2.24) is 5.32 Å². The molecule has 0 radical (unpaired) electrons. The molecule has 0 heterocycles. The molecule has 0 bridgehead atoms. The molecule has 2 fully saturated rings. The van der Waals surface area contributed by atoms with Crippen LogP contribution >= 0.6 is 0 Å². The minimum Gasteiger partial charge on any atom is -0.497 e. The zero-order valence-electron chi connectivity index (χ0n) is 17.9. The number of ether oxygens (including phenoxy) is 1. The standard InChI is InChI=1S/C24H28FNO4S/c1-17-4-3-5-21(16-17)31(28,29)24(25)12-10-19(11-13-24)26-22(27)23(14-15-23)18-6-8-20(30-2)9-7-18/h3-9,16,19H,10-15H2,1-2H3,(H,26,27)/t19-,24+. The second-order valence-corrected chi connectivity index (χ2v) is 11.0. The summed E-state index contributed by atoms with van der Waals surface area (Å²) in [5, 5.41) is 0.759. The molecule has 2 aliphatic rings. The van der Waals surface area contributed by atoms with Crippen molar-refractivity contribution in [3.05, 3.63) is 59.7 Å². The number of nitrogens with one attached hydrogen (secondary N) is 1. The zero-order valence-corrected chi connectivity index (χ0v) is 18.7. The van der Waals surface area contributed by atoms with Gasteiger partial charge in [-0.1, -0.05) is 24.3 Å². The fraction of sp³-hybridized carbons (Fsp3) is 0.458. The average Bonchev–Trinajstić information content (AvgIpc) is 3.57. The van der Waals surface area contributed by atoms with Crippen molar-refractivity contribution in [3.63, 3.8) is 0 Å². The molecule has 0 spiro atoms. The summed E-state index contributed by atoms with van der Waals surface area (Å²) in [6, 6.07) is 13.7. The van der Waals surface area contributed by atoms with Crippen molar-refractivity contribution in [1.29, 1.82) is 0 Å². The molecule has 166 valence electrons. The van der Waals surface area contributed by atoms with E-state index in [2.05, 4.69) is 5.32 Å². The van der Waals surface area contributed by atoms with Crippen molar-refractivity contribution >= 4 is 15.7 Å². The van der Waals surface area contributed by atoms with Crippen molar-refractivity contribution in [2.24, 2.45) is 0 Å². The number of rotatable bonds is 6. The van der Waals surface area contributed by atoms with Crippen LogP contribution in [0.3, 0.4) is 0 Å². The highest BCUT2D eigenvalue weighted by molar-refractivity contribution is 7.92.